The van der Waals surface area contributed by atoms with E-state index < -0.39 is 0 Å². The first-order valence-electron chi connectivity index (χ1n) is 11.8. The molecule has 3 N–H and O–H groups in total. The maximum atomic E-state index is 9.12. The van der Waals surface area contributed by atoms with Gasteiger partial charge >= 0.3 is 0 Å². The Bertz CT molecular complexity index is 1190. The molecule has 1 aromatic carbocycles. The number of nitrogens with two attached hydrogens (primary N) is 1. The van der Waals surface area contributed by atoms with Crippen LogP contribution in [0.15, 0.2) is 64.3 Å². The summed E-state index contributed by atoms with van der Waals surface area (Å²) in [5, 5.41) is 13.7. The van der Waals surface area contributed by atoms with E-state index in [1.54, 1.807) is 4.68 Å². The molecular formula is C26H29BrN6O. The maximum absolute atomic E-state index is 9.12. The third-order valence-electron chi connectivity index (χ3n) is 6.67. The molecule has 0 unspecified atom stereocenters. The Labute approximate surface area is 208 Å². The summed E-state index contributed by atoms with van der Waals surface area (Å²) < 4.78 is 2.65. The average Bonchev–Trinajstić information content (AvgIpc) is 3.25. The Kier molecular flexibility index (Phi) is 6.89. The van der Waals surface area contributed by atoms with E-state index in [9.17, 15) is 0 Å². The smallest absolute Gasteiger partial charge is 0.165 e. The quantitative estimate of drug-likeness (QED) is 0.492. The Morgan fingerprint density at radius 2 is 1.82 bits per heavy atom. The number of aliphatic imine (C=N–C) groups is 1. The van der Waals surface area contributed by atoms with Gasteiger partial charge in [-0.1, -0.05) is 52.3 Å². The number of hydrogen-bond acceptors (Lipinski definition) is 6. The molecule has 0 spiro atoms. The Balaban J connectivity index is 1.44. The SMILES string of the molecule is NC1=C(Br)CC(C2CCN(CCCO)CC2)=Nc2c(-c3ccc(-c4ccccc4)nc3)cnn21. The number of rotatable bonds is 6. The molecule has 4 heterocycles. The first-order chi connectivity index (χ1) is 16.6. The lowest BCUT2D eigenvalue weighted by Gasteiger charge is -2.32. The van der Waals surface area contributed by atoms with Gasteiger partial charge in [0.05, 0.1) is 11.9 Å². The monoisotopic (exact) mass is 520 g/mol. The van der Waals surface area contributed by atoms with Gasteiger partial charge in [0.1, 0.15) is 5.82 Å². The summed E-state index contributed by atoms with van der Waals surface area (Å²) in [6.07, 6.45) is 7.35. The van der Waals surface area contributed by atoms with E-state index in [1.807, 2.05) is 36.7 Å². The molecule has 0 atom stereocenters. The van der Waals surface area contributed by atoms with Gasteiger partial charge < -0.3 is 15.7 Å². The van der Waals surface area contributed by atoms with Crippen molar-refractivity contribution in [1.82, 2.24) is 19.7 Å². The van der Waals surface area contributed by atoms with Crippen LogP contribution in [0.2, 0.25) is 0 Å². The molecule has 34 heavy (non-hydrogen) atoms. The predicted molar refractivity (Wildman–Crippen MR) is 140 cm³/mol. The zero-order valence-electron chi connectivity index (χ0n) is 19.1. The van der Waals surface area contributed by atoms with Crippen molar-refractivity contribution in [3.63, 3.8) is 0 Å². The summed E-state index contributed by atoms with van der Waals surface area (Å²) in [7, 11) is 0. The highest BCUT2D eigenvalue weighted by Gasteiger charge is 2.28. The number of benzene rings is 1. The van der Waals surface area contributed by atoms with Crippen LogP contribution < -0.4 is 5.73 Å². The standard InChI is InChI=1S/C26H29BrN6O/c27-22-15-24(19-9-12-32(13-10-19)11-4-14-34)31-26-21(17-30-33(26)25(22)28)20-7-8-23(29-16-20)18-5-2-1-3-6-18/h1-3,5-8,16-17,19,34H,4,9-15,28H2. The molecule has 2 aliphatic rings. The van der Waals surface area contributed by atoms with Gasteiger partial charge in [-0.05, 0) is 38.4 Å². The van der Waals surface area contributed by atoms with Crippen LogP contribution in [0.1, 0.15) is 25.7 Å². The first-order valence-corrected chi connectivity index (χ1v) is 12.6. The summed E-state index contributed by atoms with van der Waals surface area (Å²) in [4.78, 5) is 12.3. The molecule has 5 rings (SSSR count). The zero-order valence-corrected chi connectivity index (χ0v) is 20.7. The van der Waals surface area contributed by atoms with Gasteiger partial charge in [-0.3, -0.25) is 4.98 Å². The van der Waals surface area contributed by atoms with Gasteiger partial charge in [0.15, 0.2) is 5.82 Å². The molecule has 8 heteroatoms. The number of aromatic nitrogens is 3. The minimum absolute atomic E-state index is 0.248. The lowest BCUT2D eigenvalue weighted by molar-refractivity contribution is 0.185. The Morgan fingerprint density at radius 1 is 1.03 bits per heavy atom. The number of hydrogen-bond donors (Lipinski definition) is 2. The summed E-state index contributed by atoms with van der Waals surface area (Å²) in [6.45, 7) is 3.25. The molecule has 0 radical (unpaired) electrons. The molecule has 0 amide bonds. The second kappa shape index (κ2) is 10.2. The van der Waals surface area contributed by atoms with Crippen molar-refractivity contribution in [2.24, 2.45) is 16.6 Å². The minimum atomic E-state index is 0.248. The molecular weight excluding hydrogens is 492 g/mol. The molecule has 0 aliphatic carbocycles. The fourth-order valence-electron chi connectivity index (χ4n) is 4.72. The van der Waals surface area contributed by atoms with Gasteiger partial charge in [-0.25, -0.2) is 4.99 Å². The van der Waals surface area contributed by atoms with Crippen LogP contribution in [0, 0.1) is 5.92 Å². The molecule has 0 bridgehead atoms. The van der Waals surface area contributed by atoms with Gasteiger partial charge in [0.25, 0.3) is 0 Å². The largest absolute Gasteiger partial charge is 0.396 e. The lowest BCUT2D eigenvalue weighted by atomic mass is 9.90. The number of halogens is 1. The van der Waals surface area contributed by atoms with Crippen molar-refractivity contribution in [3.05, 3.63) is 59.3 Å². The fourth-order valence-corrected chi connectivity index (χ4v) is 5.18. The van der Waals surface area contributed by atoms with Gasteiger partial charge in [-0.2, -0.15) is 9.78 Å². The van der Waals surface area contributed by atoms with E-state index in [1.165, 1.54) is 0 Å². The number of allylic oxidation sites excluding steroid dienone is 1. The number of fused-ring (bicyclic) bond motifs is 1. The highest BCUT2D eigenvalue weighted by Crippen LogP contribution is 2.37. The second-order valence-corrected chi connectivity index (χ2v) is 9.81. The van der Waals surface area contributed by atoms with E-state index in [-0.39, 0.29) is 6.61 Å². The fraction of sp³-hybridized carbons (Fsp3) is 0.346. The van der Waals surface area contributed by atoms with Crippen molar-refractivity contribution in [2.75, 3.05) is 26.2 Å². The molecule has 0 saturated carbocycles. The van der Waals surface area contributed by atoms with Crippen molar-refractivity contribution < 1.29 is 5.11 Å². The van der Waals surface area contributed by atoms with Crippen LogP contribution in [-0.4, -0.2) is 56.7 Å². The average molecular weight is 521 g/mol. The van der Waals surface area contributed by atoms with Crippen LogP contribution in [0.4, 0.5) is 5.82 Å². The normalized spacial score (nSPS) is 17.4. The molecule has 3 aromatic rings. The van der Waals surface area contributed by atoms with Gasteiger partial charge in [0.2, 0.25) is 0 Å². The van der Waals surface area contributed by atoms with Gasteiger partial charge in [-0.15, -0.1) is 0 Å². The van der Waals surface area contributed by atoms with Crippen molar-refractivity contribution in [2.45, 2.75) is 25.7 Å². The number of likely N-dealkylation sites (tertiary alicyclic amines) is 1. The van der Waals surface area contributed by atoms with E-state index in [0.29, 0.717) is 18.2 Å². The van der Waals surface area contributed by atoms with E-state index in [0.717, 1.165) is 77.3 Å². The molecule has 2 aromatic heterocycles. The van der Waals surface area contributed by atoms with E-state index >= 15 is 0 Å². The number of pyridine rings is 1. The third kappa shape index (κ3) is 4.71. The highest BCUT2D eigenvalue weighted by atomic mass is 79.9. The van der Waals surface area contributed by atoms with Crippen molar-refractivity contribution in [3.8, 4) is 22.4 Å². The number of piperidine rings is 1. The van der Waals surface area contributed by atoms with Crippen molar-refractivity contribution in [1.29, 1.82) is 0 Å². The topological polar surface area (TPSA) is 92.6 Å². The van der Waals surface area contributed by atoms with Crippen LogP contribution in [0.3, 0.4) is 0 Å². The van der Waals surface area contributed by atoms with Crippen LogP contribution in [0.5, 0.6) is 0 Å². The number of nitrogens with zero attached hydrogens (tertiary/aromatic N) is 5. The molecule has 7 nitrogen and oxygen atoms in total. The van der Waals surface area contributed by atoms with E-state index in [4.69, 9.17) is 20.8 Å². The van der Waals surface area contributed by atoms with Crippen LogP contribution >= 0.6 is 15.9 Å². The van der Waals surface area contributed by atoms with Crippen LogP contribution in [0.25, 0.3) is 28.2 Å². The maximum Gasteiger partial charge on any atom is 0.165 e. The summed E-state index contributed by atoms with van der Waals surface area (Å²) in [5.74, 6) is 1.74. The van der Waals surface area contributed by atoms with Gasteiger partial charge in [0, 0.05) is 58.6 Å². The number of aliphatic hydroxyl groups is 1. The first kappa shape index (κ1) is 23.0. The summed E-state index contributed by atoms with van der Waals surface area (Å²) in [5.41, 5.74) is 11.5. The summed E-state index contributed by atoms with van der Waals surface area (Å²) >= 11 is 3.69. The molecule has 1 fully saturated rings. The Hall–Kier alpha value is -2.81. The number of aliphatic hydroxyl groups excluding tert-OH is 1. The lowest BCUT2D eigenvalue weighted by Crippen LogP contribution is -2.37. The third-order valence-corrected chi connectivity index (χ3v) is 7.36. The van der Waals surface area contributed by atoms with Crippen molar-refractivity contribution >= 4 is 33.3 Å². The molecule has 176 valence electrons. The van der Waals surface area contributed by atoms with E-state index in [2.05, 4.69) is 44.1 Å². The van der Waals surface area contributed by atoms with Crippen LogP contribution in [-0.2, 0) is 0 Å². The Morgan fingerprint density at radius 3 is 2.53 bits per heavy atom. The zero-order chi connectivity index (χ0) is 23.5. The minimum Gasteiger partial charge on any atom is -0.396 e. The predicted octanol–water partition coefficient (Wildman–Crippen LogP) is 4.66. The molecule has 1 saturated heterocycles. The molecule has 2 aliphatic heterocycles. The summed E-state index contributed by atoms with van der Waals surface area (Å²) in [6, 6.07) is 14.3. The second-order valence-electron chi connectivity index (χ2n) is 8.85. The highest BCUT2D eigenvalue weighted by molar-refractivity contribution is 9.11.